The first-order chi connectivity index (χ1) is 9.58. The van der Waals surface area contributed by atoms with Crippen LogP contribution in [0.15, 0.2) is 24.3 Å². The Balaban J connectivity index is 2.15. The second kappa shape index (κ2) is 6.51. The lowest BCUT2D eigenvalue weighted by Gasteiger charge is -2.40. The lowest BCUT2D eigenvalue weighted by Crippen LogP contribution is -2.59. The Morgan fingerprint density at radius 2 is 1.70 bits per heavy atom. The molecule has 2 rings (SSSR count). The van der Waals surface area contributed by atoms with Crippen LogP contribution in [-0.4, -0.2) is 64.7 Å². The first-order valence-electron chi connectivity index (χ1n) is 6.51. The predicted octanol–water partition coefficient (Wildman–Crippen LogP) is -0.920. The van der Waals surface area contributed by atoms with Gasteiger partial charge in [-0.25, -0.2) is 0 Å². The van der Waals surface area contributed by atoms with Crippen LogP contribution in [0.1, 0.15) is 5.56 Å². The zero-order chi connectivity index (χ0) is 14.7. The van der Waals surface area contributed by atoms with Gasteiger partial charge in [-0.05, 0) is 11.6 Å². The van der Waals surface area contributed by atoms with Crippen LogP contribution in [0.5, 0.6) is 5.75 Å². The topological polar surface area (TPSA) is 99.4 Å². The van der Waals surface area contributed by atoms with Crippen molar-refractivity contribution in [2.75, 3.05) is 13.7 Å². The average Bonchev–Trinajstić information content (AvgIpc) is 2.48. The molecule has 0 radical (unpaired) electrons. The lowest BCUT2D eigenvalue weighted by atomic mass is 9.91. The van der Waals surface area contributed by atoms with E-state index in [1.165, 1.54) is 0 Å². The molecule has 0 saturated carbocycles. The molecule has 4 N–H and O–H groups in total. The smallest absolute Gasteiger partial charge is 0.122 e. The van der Waals surface area contributed by atoms with E-state index in [1.54, 1.807) is 13.2 Å². The molecule has 0 spiro atoms. The van der Waals surface area contributed by atoms with Crippen LogP contribution < -0.4 is 4.74 Å². The normalized spacial score (nSPS) is 34.0. The third kappa shape index (κ3) is 2.94. The summed E-state index contributed by atoms with van der Waals surface area (Å²) in [6, 6.07) is 7.29. The molecule has 1 saturated heterocycles. The number of para-hydroxylation sites is 1. The van der Waals surface area contributed by atoms with Gasteiger partial charge in [-0.2, -0.15) is 0 Å². The third-order valence-electron chi connectivity index (χ3n) is 3.60. The highest BCUT2D eigenvalue weighted by Crippen LogP contribution is 2.27. The van der Waals surface area contributed by atoms with Crippen molar-refractivity contribution in [1.82, 2.24) is 0 Å². The van der Waals surface area contributed by atoms with Gasteiger partial charge in [0, 0.05) is 6.42 Å². The minimum absolute atomic E-state index is 0.311. The zero-order valence-electron chi connectivity index (χ0n) is 11.2. The molecule has 1 aliphatic heterocycles. The maximum Gasteiger partial charge on any atom is 0.122 e. The summed E-state index contributed by atoms with van der Waals surface area (Å²) in [6.07, 6.45) is -5.19. The van der Waals surface area contributed by atoms with E-state index in [1.807, 2.05) is 18.2 Å². The Bertz CT molecular complexity index is 435. The van der Waals surface area contributed by atoms with Gasteiger partial charge < -0.3 is 29.9 Å². The van der Waals surface area contributed by atoms with Gasteiger partial charge in [-0.3, -0.25) is 0 Å². The quantitative estimate of drug-likeness (QED) is 0.571. The molecule has 0 aromatic heterocycles. The summed E-state index contributed by atoms with van der Waals surface area (Å²) < 4.78 is 10.7. The highest BCUT2D eigenvalue weighted by Gasteiger charge is 2.43. The molecule has 1 fully saturated rings. The molecule has 1 aromatic rings. The van der Waals surface area contributed by atoms with Gasteiger partial charge in [0.25, 0.3) is 0 Å². The Kier molecular flexibility index (Phi) is 4.95. The SMILES string of the molecule is COc1ccccc1C[C@@H]1O[C@H](CO)[C@@H](O)[C@H](O)[C@H]1O. The first-order valence-corrected chi connectivity index (χ1v) is 6.51. The maximum absolute atomic E-state index is 9.99. The van der Waals surface area contributed by atoms with Crippen LogP contribution in [0.3, 0.4) is 0 Å². The molecular weight excluding hydrogens is 264 g/mol. The second-order valence-corrected chi connectivity index (χ2v) is 4.88. The molecule has 6 nitrogen and oxygen atoms in total. The van der Waals surface area contributed by atoms with Crippen molar-refractivity contribution in [3.63, 3.8) is 0 Å². The van der Waals surface area contributed by atoms with Crippen molar-refractivity contribution < 1.29 is 29.9 Å². The summed E-state index contributed by atoms with van der Waals surface area (Å²) >= 11 is 0. The van der Waals surface area contributed by atoms with Gasteiger partial charge in [0.15, 0.2) is 0 Å². The van der Waals surface area contributed by atoms with Gasteiger partial charge in [0.1, 0.15) is 30.2 Å². The number of methoxy groups -OCH3 is 1. The molecule has 1 aliphatic rings. The lowest BCUT2D eigenvalue weighted by molar-refractivity contribution is -0.228. The fourth-order valence-electron chi connectivity index (χ4n) is 2.44. The zero-order valence-corrected chi connectivity index (χ0v) is 11.2. The number of ether oxygens (including phenoxy) is 2. The molecule has 0 aliphatic carbocycles. The van der Waals surface area contributed by atoms with E-state index < -0.39 is 37.1 Å². The molecule has 112 valence electrons. The van der Waals surface area contributed by atoms with Gasteiger partial charge in [-0.15, -0.1) is 0 Å². The number of hydrogen-bond acceptors (Lipinski definition) is 6. The van der Waals surface area contributed by atoms with Crippen molar-refractivity contribution in [3.8, 4) is 5.75 Å². The Labute approximate surface area is 117 Å². The highest BCUT2D eigenvalue weighted by molar-refractivity contribution is 5.34. The summed E-state index contributed by atoms with van der Waals surface area (Å²) in [5.41, 5.74) is 0.819. The fraction of sp³-hybridized carbons (Fsp3) is 0.571. The summed E-state index contributed by atoms with van der Waals surface area (Å²) in [6.45, 7) is -0.423. The Morgan fingerprint density at radius 1 is 1.05 bits per heavy atom. The van der Waals surface area contributed by atoms with Crippen LogP contribution in [0, 0.1) is 0 Å². The van der Waals surface area contributed by atoms with Crippen molar-refractivity contribution in [1.29, 1.82) is 0 Å². The van der Waals surface area contributed by atoms with E-state index in [0.29, 0.717) is 12.2 Å². The Morgan fingerprint density at radius 3 is 2.35 bits per heavy atom. The van der Waals surface area contributed by atoms with Crippen molar-refractivity contribution in [2.24, 2.45) is 0 Å². The van der Waals surface area contributed by atoms with Crippen molar-refractivity contribution in [3.05, 3.63) is 29.8 Å². The monoisotopic (exact) mass is 284 g/mol. The van der Waals surface area contributed by atoms with Crippen LogP contribution >= 0.6 is 0 Å². The molecule has 1 heterocycles. The number of aliphatic hydroxyl groups excluding tert-OH is 4. The second-order valence-electron chi connectivity index (χ2n) is 4.88. The fourth-order valence-corrected chi connectivity index (χ4v) is 2.44. The maximum atomic E-state index is 9.99. The van der Waals surface area contributed by atoms with Crippen LogP contribution in [0.2, 0.25) is 0 Å². The molecule has 0 amide bonds. The van der Waals surface area contributed by atoms with Gasteiger partial charge in [0.2, 0.25) is 0 Å². The van der Waals surface area contributed by atoms with E-state index in [-0.39, 0.29) is 0 Å². The van der Waals surface area contributed by atoms with Gasteiger partial charge in [-0.1, -0.05) is 18.2 Å². The molecule has 1 aromatic carbocycles. The van der Waals surface area contributed by atoms with E-state index >= 15 is 0 Å². The van der Waals surface area contributed by atoms with E-state index in [4.69, 9.17) is 14.6 Å². The van der Waals surface area contributed by atoms with E-state index in [0.717, 1.165) is 5.56 Å². The van der Waals surface area contributed by atoms with Crippen LogP contribution in [0.25, 0.3) is 0 Å². The predicted molar refractivity (Wildman–Crippen MR) is 70.5 cm³/mol. The average molecular weight is 284 g/mol. The van der Waals surface area contributed by atoms with Crippen LogP contribution in [-0.2, 0) is 11.2 Å². The number of benzene rings is 1. The summed E-state index contributed by atoms with van der Waals surface area (Å²) in [4.78, 5) is 0. The van der Waals surface area contributed by atoms with Crippen molar-refractivity contribution in [2.45, 2.75) is 36.9 Å². The molecule has 5 atom stereocenters. The van der Waals surface area contributed by atoms with Crippen molar-refractivity contribution >= 4 is 0 Å². The van der Waals surface area contributed by atoms with E-state index in [9.17, 15) is 15.3 Å². The van der Waals surface area contributed by atoms with E-state index in [2.05, 4.69) is 0 Å². The standard InChI is InChI=1S/C14H20O6/c1-19-9-5-3-2-4-8(9)6-10-12(16)14(18)13(17)11(7-15)20-10/h2-5,10-18H,6-7H2,1H3/t10-,11+,12-,13+,14+/m0/s1. The molecule has 6 heteroatoms. The largest absolute Gasteiger partial charge is 0.496 e. The summed E-state index contributed by atoms with van der Waals surface area (Å²) in [7, 11) is 1.55. The summed E-state index contributed by atoms with van der Waals surface area (Å²) in [5, 5.41) is 38.6. The minimum atomic E-state index is -1.35. The number of hydrogen-bond donors (Lipinski definition) is 4. The van der Waals surface area contributed by atoms with Gasteiger partial charge >= 0.3 is 0 Å². The first kappa shape index (κ1) is 15.2. The molecule has 20 heavy (non-hydrogen) atoms. The summed E-state index contributed by atoms with van der Waals surface area (Å²) in [5.74, 6) is 0.657. The minimum Gasteiger partial charge on any atom is -0.496 e. The Hall–Kier alpha value is -1.18. The number of aliphatic hydroxyl groups is 4. The van der Waals surface area contributed by atoms with Gasteiger partial charge in [0.05, 0.1) is 19.8 Å². The molecule has 0 unspecified atom stereocenters. The third-order valence-corrected chi connectivity index (χ3v) is 3.60. The molecular formula is C14H20O6. The highest BCUT2D eigenvalue weighted by atomic mass is 16.5. The van der Waals surface area contributed by atoms with Crippen LogP contribution in [0.4, 0.5) is 0 Å². The number of rotatable bonds is 4. The molecule has 0 bridgehead atoms.